The lowest BCUT2D eigenvalue weighted by atomic mass is 10.1. The number of anilines is 1. The summed E-state index contributed by atoms with van der Waals surface area (Å²) in [5.41, 5.74) is 1.03. The van der Waals surface area contributed by atoms with Crippen molar-refractivity contribution in [3.63, 3.8) is 0 Å². The molecule has 0 aliphatic heterocycles. The Morgan fingerprint density at radius 2 is 2.00 bits per heavy atom. The molecule has 0 bridgehead atoms. The van der Waals surface area contributed by atoms with Gasteiger partial charge < -0.3 is 15.2 Å². The van der Waals surface area contributed by atoms with Crippen molar-refractivity contribution in [2.24, 2.45) is 0 Å². The zero-order valence-corrected chi connectivity index (χ0v) is 12.4. The first-order valence-electron chi connectivity index (χ1n) is 6.31. The number of methoxy groups -OCH3 is 1. The van der Waals surface area contributed by atoms with Crippen LogP contribution in [0, 0.1) is 0 Å². The second-order valence-corrected chi connectivity index (χ2v) is 4.84. The fourth-order valence-corrected chi connectivity index (χ4v) is 2.14. The summed E-state index contributed by atoms with van der Waals surface area (Å²) in [5, 5.41) is 12.3. The van der Waals surface area contributed by atoms with E-state index in [1.165, 1.54) is 12.3 Å². The van der Waals surface area contributed by atoms with Gasteiger partial charge in [-0.15, -0.1) is 0 Å². The van der Waals surface area contributed by atoms with Gasteiger partial charge in [-0.2, -0.15) is 0 Å². The first kappa shape index (κ1) is 15.1. The lowest BCUT2D eigenvalue weighted by Crippen LogP contribution is -2.10. The molecular formula is C15H15ClN2O3. The summed E-state index contributed by atoms with van der Waals surface area (Å²) in [6, 6.07) is 8.85. The number of aromatic nitrogens is 1. The molecule has 2 rings (SSSR count). The average molecular weight is 307 g/mol. The Morgan fingerprint density at radius 1 is 1.33 bits per heavy atom. The van der Waals surface area contributed by atoms with Gasteiger partial charge in [-0.3, -0.25) is 0 Å². The number of ether oxygens (including phenoxy) is 1. The number of halogens is 1. The Morgan fingerprint density at radius 3 is 2.57 bits per heavy atom. The fraction of sp³-hybridized carbons (Fsp3) is 0.200. The molecule has 110 valence electrons. The lowest BCUT2D eigenvalue weighted by molar-refractivity contribution is 0.0697. The van der Waals surface area contributed by atoms with Crippen molar-refractivity contribution in [1.29, 1.82) is 0 Å². The third-order valence-electron chi connectivity index (χ3n) is 3.09. The molecule has 6 heteroatoms. The fourth-order valence-electron chi connectivity index (χ4n) is 1.89. The summed E-state index contributed by atoms with van der Waals surface area (Å²) in [6.07, 6.45) is 1.42. The van der Waals surface area contributed by atoms with E-state index >= 15 is 0 Å². The largest absolute Gasteiger partial charge is 0.497 e. The van der Waals surface area contributed by atoms with Gasteiger partial charge in [0.1, 0.15) is 11.6 Å². The molecule has 0 spiro atoms. The Bertz CT molecular complexity index is 644. The molecule has 5 nitrogen and oxygen atoms in total. The van der Waals surface area contributed by atoms with Gasteiger partial charge in [0.2, 0.25) is 0 Å². The number of carbonyl (C=O) groups is 1. The van der Waals surface area contributed by atoms with Crippen LogP contribution in [0.1, 0.15) is 28.9 Å². The van der Waals surface area contributed by atoms with Gasteiger partial charge in [0.25, 0.3) is 0 Å². The molecule has 2 N–H and O–H groups in total. The van der Waals surface area contributed by atoms with E-state index in [1.807, 2.05) is 31.2 Å². The van der Waals surface area contributed by atoms with Crippen LogP contribution in [0.4, 0.5) is 5.82 Å². The topological polar surface area (TPSA) is 71.5 Å². The summed E-state index contributed by atoms with van der Waals surface area (Å²) in [4.78, 5) is 15.1. The number of nitrogens with one attached hydrogen (secondary N) is 1. The summed E-state index contributed by atoms with van der Waals surface area (Å²) >= 11 is 6.06. The Labute approximate surface area is 127 Å². The Hall–Kier alpha value is -2.27. The maximum Gasteiger partial charge on any atom is 0.337 e. The number of rotatable bonds is 5. The standard InChI is InChI=1S/C15H15ClN2O3/c1-9(10-3-5-11(21-2)6-4-10)18-14-13(16)12(15(19)20)7-8-17-14/h3-9H,1-2H3,(H,17,18)(H,19,20). The molecule has 1 atom stereocenters. The van der Waals surface area contributed by atoms with Gasteiger partial charge in [0, 0.05) is 12.2 Å². The van der Waals surface area contributed by atoms with Crippen molar-refractivity contribution < 1.29 is 14.6 Å². The van der Waals surface area contributed by atoms with Crippen molar-refractivity contribution >= 4 is 23.4 Å². The number of pyridine rings is 1. The molecule has 0 saturated carbocycles. The highest BCUT2D eigenvalue weighted by Crippen LogP contribution is 2.27. The van der Waals surface area contributed by atoms with Gasteiger partial charge in [0.05, 0.1) is 17.7 Å². The molecule has 21 heavy (non-hydrogen) atoms. The number of carboxylic acids is 1. The summed E-state index contributed by atoms with van der Waals surface area (Å²) < 4.78 is 5.11. The van der Waals surface area contributed by atoms with Crippen LogP contribution in [0.5, 0.6) is 5.75 Å². The maximum absolute atomic E-state index is 11.0. The molecule has 1 aromatic heterocycles. The summed E-state index contributed by atoms with van der Waals surface area (Å²) in [5.74, 6) is 0.0393. The number of hydrogen-bond acceptors (Lipinski definition) is 4. The summed E-state index contributed by atoms with van der Waals surface area (Å²) in [6.45, 7) is 1.94. The number of benzene rings is 1. The molecule has 0 saturated heterocycles. The molecule has 2 aromatic rings. The van der Waals surface area contributed by atoms with Crippen LogP contribution >= 0.6 is 11.6 Å². The highest BCUT2D eigenvalue weighted by Gasteiger charge is 2.15. The normalized spacial score (nSPS) is 11.8. The van der Waals surface area contributed by atoms with E-state index in [-0.39, 0.29) is 16.6 Å². The predicted molar refractivity (Wildman–Crippen MR) is 81.2 cm³/mol. The van der Waals surface area contributed by atoms with E-state index in [9.17, 15) is 4.79 Å². The zero-order chi connectivity index (χ0) is 15.4. The molecule has 1 heterocycles. The molecule has 0 amide bonds. The monoisotopic (exact) mass is 306 g/mol. The van der Waals surface area contributed by atoms with E-state index in [1.54, 1.807) is 7.11 Å². The highest BCUT2D eigenvalue weighted by molar-refractivity contribution is 6.35. The third kappa shape index (κ3) is 3.44. The molecule has 1 aromatic carbocycles. The smallest absolute Gasteiger partial charge is 0.337 e. The quantitative estimate of drug-likeness (QED) is 0.883. The second-order valence-electron chi connectivity index (χ2n) is 4.47. The van der Waals surface area contributed by atoms with Gasteiger partial charge in [-0.1, -0.05) is 23.7 Å². The zero-order valence-electron chi connectivity index (χ0n) is 11.6. The van der Waals surface area contributed by atoms with Gasteiger partial charge in [0.15, 0.2) is 0 Å². The van der Waals surface area contributed by atoms with Crippen LogP contribution in [0.2, 0.25) is 5.02 Å². The van der Waals surface area contributed by atoms with Crippen molar-refractivity contribution in [3.05, 3.63) is 52.7 Å². The van der Waals surface area contributed by atoms with E-state index in [0.717, 1.165) is 11.3 Å². The Kier molecular flexibility index (Phi) is 4.65. The van der Waals surface area contributed by atoms with E-state index in [4.69, 9.17) is 21.4 Å². The van der Waals surface area contributed by atoms with Gasteiger partial charge >= 0.3 is 5.97 Å². The SMILES string of the molecule is COc1ccc(C(C)Nc2nccc(C(=O)O)c2Cl)cc1. The first-order chi connectivity index (χ1) is 10.0. The lowest BCUT2D eigenvalue weighted by Gasteiger charge is -2.16. The van der Waals surface area contributed by atoms with Crippen LogP contribution in [0.25, 0.3) is 0 Å². The molecule has 1 unspecified atom stereocenters. The molecule has 0 fully saturated rings. The van der Waals surface area contributed by atoms with Crippen LogP contribution in [0.3, 0.4) is 0 Å². The third-order valence-corrected chi connectivity index (χ3v) is 3.47. The van der Waals surface area contributed by atoms with Crippen LogP contribution < -0.4 is 10.1 Å². The van der Waals surface area contributed by atoms with E-state index < -0.39 is 5.97 Å². The van der Waals surface area contributed by atoms with Crippen molar-refractivity contribution in [3.8, 4) is 5.75 Å². The molecular weight excluding hydrogens is 292 g/mol. The highest BCUT2D eigenvalue weighted by atomic mass is 35.5. The van der Waals surface area contributed by atoms with Crippen molar-refractivity contribution in [2.75, 3.05) is 12.4 Å². The number of nitrogens with zero attached hydrogens (tertiary/aromatic N) is 1. The van der Waals surface area contributed by atoms with Crippen LogP contribution in [-0.2, 0) is 0 Å². The van der Waals surface area contributed by atoms with Crippen LogP contribution in [-0.4, -0.2) is 23.2 Å². The minimum Gasteiger partial charge on any atom is -0.497 e. The predicted octanol–water partition coefficient (Wildman–Crippen LogP) is 3.61. The summed E-state index contributed by atoms with van der Waals surface area (Å²) in [7, 11) is 1.61. The minimum absolute atomic E-state index is 0.0242. The number of aromatic carboxylic acids is 1. The molecule has 0 radical (unpaired) electrons. The van der Waals surface area contributed by atoms with Crippen LogP contribution in [0.15, 0.2) is 36.5 Å². The van der Waals surface area contributed by atoms with E-state index in [2.05, 4.69) is 10.3 Å². The minimum atomic E-state index is -1.08. The Balaban J connectivity index is 2.20. The molecule has 0 aliphatic rings. The molecule has 0 aliphatic carbocycles. The van der Waals surface area contributed by atoms with E-state index in [0.29, 0.717) is 5.82 Å². The van der Waals surface area contributed by atoms with Crippen molar-refractivity contribution in [2.45, 2.75) is 13.0 Å². The van der Waals surface area contributed by atoms with Gasteiger partial charge in [-0.25, -0.2) is 9.78 Å². The number of carboxylic acid groups (broad SMARTS) is 1. The second kappa shape index (κ2) is 6.45. The maximum atomic E-state index is 11.0. The van der Waals surface area contributed by atoms with Crippen molar-refractivity contribution in [1.82, 2.24) is 4.98 Å². The average Bonchev–Trinajstić information content (AvgIpc) is 2.49. The first-order valence-corrected chi connectivity index (χ1v) is 6.69. The number of hydrogen-bond donors (Lipinski definition) is 2. The van der Waals surface area contributed by atoms with Gasteiger partial charge in [-0.05, 0) is 30.7 Å².